The standard InChI is InChI=1S/C19H23NO3S/c1-15(12-23-18-10-8-17(22-2)9-11-18)20-19(21)14-24-13-16-6-4-3-5-7-16/h3-11,15H,12-14H2,1-2H3,(H,20,21)/t15-/m1/s1. The summed E-state index contributed by atoms with van der Waals surface area (Å²) in [4.78, 5) is 11.9. The van der Waals surface area contributed by atoms with Crippen molar-refractivity contribution in [1.82, 2.24) is 5.32 Å². The van der Waals surface area contributed by atoms with Gasteiger partial charge in [-0.05, 0) is 36.8 Å². The van der Waals surface area contributed by atoms with Crippen molar-refractivity contribution in [2.75, 3.05) is 19.5 Å². The Bertz CT molecular complexity index is 616. The normalized spacial score (nSPS) is 11.6. The number of hydrogen-bond donors (Lipinski definition) is 1. The maximum atomic E-state index is 11.9. The summed E-state index contributed by atoms with van der Waals surface area (Å²) >= 11 is 1.61. The summed E-state index contributed by atoms with van der Waals surface area (Å²) in [5.74, 6) is 2.86. The molecule has 5 heteroatoms. The second kappa shape index (κ2) is 9.88. The Morgan fingerprint density at radius 3 is 2.42 bits per heavy atom. The molecule has 0 saturated heterocycles. The smallest absolute Gasteiger partial charge is 0.230 e. The molecule has 0 unspecified atom stereocenters. The van der Waals surface area contributed by atoms with Gasteiger partial charge in [-0.2, -0.15) is 0 Å². The number of hydrogen-bond acceptors (Lipinski definition) is 4. The van der Waals surface area contributed by atoms with Crippen molar-refractivity contribution in [1.29, 1.82) is 0 Å². The van der Waals surface area contributed by atoms with E-state index < -0.39 is 0 Å². The highest BCUT2D eigenvalue weighted by Gasteiger charge is 2.08. The van der Waals surface area contributed by atoms with Crippen LogP contribution in [-0.2, 0) is 10.5 Å². The number of ether oxygens (including phenoxy) is 2. The van der Waals surface area contributed by atoms with Crippen LogP contribution in [0, 0.1) is 0 Å². The summed E-state index contributed by atoms with van der Waals surface area (Å²) in [7, 11) is 1.63. The van der Waals surface area contributed by atoms with Gasteiger partial charge in [0, 0.05) is 5.75 Å². The van der Waals surface area contributed by atoms with Crippen LogP contribution in [0.25, 0.3) is 0 Å². The van der Waals surface area contributed by atoms with Crippen LogP contribution < -0.4 is 14.8 Å². The van der Waals surface area contributed by atoms with Crippen LogP contribution in [0.3, 0.4) is 0 Å². The molecule has 2 aromatic rings. The molecular formula is C19H23NO3S. The number of rotatable bonds is 9. The molecule has 2 rings (SSSR count). The van der Waals surface area contributed by atoms with Gasteiger partial charge in [-0.25, -0.2) is 0 Å². The van der Waals surface area contributed by atoms with E-state index in [0.717, 1.165) is 17.3 Å². The number of nitrogens with one attached hydrogen (secondary N) is 1. The van der Waals surface area contributed by atoms with Gasteiger partial charge in [-0.3, -0.25) is 4.79 Å². The number of thioether (sulfide) groups is 1. The molecule has 1 atom stereocenters. The predicted octanol–water partition coefficient (Wildman–Crippen LogP) is 3.51. The second-order valence-electron chi connectivity index (χ2n) is 5.43. The van der Waals surface area contributed by atoms with Crippen LogP contribution in [0.2, 0.25) is 0 Å². The molecule has 0 bridgehead atoms. The predicted molar refractivity (Wildman–Crippen MR) is 98.7 cm³/mol. The van der Waals surface area contributed by atoms with E-state index in [4.69, 9.17) is 9.47 Å². The zero-order valence-electron chi connectivity index (χ0n) is 14.0. The van der Waals surface area contributed by atoms with E-state index in [1.54, 1.807) is 18.9 Å². The van der Waals surface area contributed by atoms with Gasteiger partial charge in [0.1, 0.15) is 18.1 Å². The third-order valence-electron chi connectivity index (χ3n) is 3.31. The molecule has 0 aliphatic carbocycles. The molecule has 1 amide bonds. The zero-order chi connectivity index (χ0) is 17.2. The lowest BCUT2D eigenvalue weighted by Gasteiger charge is -2.15. The molecule has 0 aromatic heterocycles. The maximum Gasteiger partial charge on any atom is 0.230 e. The van der Waals surface area contributed by atoms with Crippen molar-refractivity contribution in [3.05, 3.63) is 60.2 Å². The Balaban J connectivity index is 1.63. The molecular weight excluding hydrogens is 322 g/mol. The van der Waals surface area contributed by atoms with E-state index in [2.05, 4.69) is 17.4 Å². The summed E-state index contributed by atoms with van der Waals surface area (Å²) in [6, 6.07) is 17.5. The molecule has 4 nitrogen and oxygen atoms in total. The van der Waals surface area contributed by atoms with Crippen molar-refractivity contribution in [2.24, 2.45) is 0 Å². The summed E-state index contributed by atoms with van der Waals surface area (Å²) in [6.45, 7) is 2.37. The van der Waals surface area contributed by atoms with Crippen molar-refractivity contribution >= 4 is 17.7 Å². The van der Waals surface area contributed by atoms with E-state index in [0.29, 0.717) is 12.4 Å². The Hall–Kier alpha value is -2.14. The van der Waals surface area contributed by atoms with E-state index in [-0.39, 0.29) is 11.9 Å². The van der Waals surface area contributed by atoms with Crippen LogP contribution in [0.5, 0.6) is 11.5 Å². The van der Waals surface area contributed by atoms with Gasteiger partial charge in [0.15, 0.2) is 0 Å². The Morgan fingerprint density at radius 2 is 1.75 bits per heavy atom. The van der Waals surface area contributed by atoms with Gasteiger partial charge in [-0.15, -0.1) is 11.8 Å². The van der Waals surface area contributed by atoms with Gasteiger partial charge in [0.2, 0.25) is 5.91 Å². The molecule has 0 radical (unpaired) electrons. The number of carbonyl (C=O) groups excluding carboxylic acids is 1. The van der Waals surface area contributed by atoms with E-state index in [9.17, 15) is 4.79 Å². The van der Waals surface area contributed by atoms with Crippen molar-refractivity contribution in [2.45, 2.75) is 18.7 Å². The molecule has 0 heterocycles. The Kier molecular flexibility index (Phi) is 7.49. The van der Waals surface area contributed by atoms with Gasteiger partial charge < -0.3 is 14.8 Å². The number of methoxy groups -OCH3 is 1. The monoisotopic (exact) mass is 345 g/mol. The summed E-state index contributed by atoms with van der Waals surface area (Å²) in [5, 5.41) is 2.95. The fraction of sp³-hybridized carbons (Fsp3) is 0.316. The number of benzene rings is 2. The first-order valence-corrected chi connectivity index (χ1v) is 9.00. The van der Waals surface area contributed by atoms with E-state index >= 15 is 0 Å². The molecule has 0 aliphatic heterocycles. The van der Waals surface area contributed by atoms with Crippen LogP contribution in [0.4, 0.5) is 0 Å². The van der Waals surface area contributed by atoms with Crippen LogP contribution >= 0.6 is 11.8 Å². The Labute approximate surface area is 147 Å². The minimum atomic E-state index is -0.0445. The summed E-state index contributed by atoms with van der Waals surface area (Å²) in [6.07, 6.45) is 0. The van der Waals surface area contributed by atoms with E-state index in [1.807, 2.05) is 49.4 Å². The van der Waals surface area contributed by atoms with Crippen molar-refractivity contribution < 1.29 is 14.3 Å². The third-order valence-corrected chi connectivity index (χ3v) is 4.32. The number of amides is 1. The minimum Gasteiger partial charge on any atom is -0.497 e. The zero-order valence-corrected chi connectivity index (χ0v) is 14.8. The molecule has 0 fully saturated rings. The third kappa shape index (κ3) is 6.54. The fourth-order valence-corrected chi connectivity index (χ4v) is 2.89. The molecule has 128 valence electrons. The Morgan fingerprint density at radius 1 is 1.08 bits per heavy atom. The lowest BCUT2D eigenvalue weighted by molar-refractivity contribution is -0.119. The van der Waals surface area contributed by atoms with Gasteiger partial charge in [-0.1, -0.05) is 30.3 Å². The molecule has 0 saturated carbocycles. The molecule has 0 spiro atoms. The second-order valence-corrected chi connectivity index (χ2v) is 6.42. The summed E-state index contributed by atoms with van der Waals surface area (Å²) < 4.78 is 10.8. The summed E-state index contributed by atoms with van der Waals surface area (Å²) in [5.41, 5.74) is 1.23. The van der Waals surface area contributed by atoms with Crippen molar-refractivity contribution in [3.63, 3.8) is 0 Å². The highest BCUT2D eigenvalue weighted by Crippen LogP contribution is 2.17. The first kappa shape index (κ1) is 18.2. The molecule has 1 N–H and O–H groups in total. The van der Waals surface area contributed by atoms with Crippen LogP contribution in [-0.4, -0.2) is 31.4 Å². The average molecular weight is 345 g/mol. The number of carbonyl (C=O) groups is 1. The van der Waals surface area contributed by atoms with Crippen LogP contribution in [0.15, 0.2) is 54.6 Å². The van der Waals surface area contributed by atoms with Crippen LogP contribution in [0.1, 0.15) is 12.5 Å². The molecule has 2 aromatic carbocycles. The van der Waals surface area contributed by atoms with Crippen molar-refractivity contribution in [3.8, 4) is 11.5 Å². The van der Waals surface area contributed by atoms with Gasteiger partial charge in [0.25, 0.3) is 0 Å². The average Bonchev–Trinajstić information content (AvgIpc) is 2.61. The lowest BCUT2D eigenvalue weighted by atomic mass is 10.2. The first-order valence-electron chi connectivity index (χ1n) is 7.85. The highest BCUT2D eigenvalue weighted by molar-refractivity contribution is 7.99. The quantitative estimate of drug-likeness (QED) is 0.755. The first-order chi connectivity index (χ1) is 11.7. The lowest BCUT2D eigenvalue weighted by Crippen LogP contribution is -2.37. The van der Waals surface area contributed by atoms with E-state index in [1.165, 1.54) is 5.56 Å². The fourth-order valence-electron chi connectivity index (χ4n) is 2.09. The minimum absolute atomic E-state index is 0.0294. The topological polar surface area (TPSA) is 47.6 Å². The maximum absolute atomic E-state index is 11.9. The SMILES string of the molecule is COc1ccc(OC[C@@H](C)NC(=O)CSCc2ccccc2)cc1. The highest BCUT2D eigenvalue weighted by atomic mass is 32.2. The largest absolute Gasteiger partial charge is 0.497 e. The molecule has 24 heavy (non-hydrogen) atoms. The molecule has 0 aliphatic rings. The van der Waals surface area contributed by atoms with Gasteiger partial charge in [0.05, 0.1) is 18.9 Å². The van der Waals surface area contributed by atoms with Gasteiger partial charge >= 0.3 is 0 Å².